The Hall–Kier alpha value is -1.79. The first kappa shape index (κ1) is 15.6. The van der Waals surface area contributed by atoms with Crippen LogP contribution in [0.15, 0.2) is 0 Å². The minimum absolute atomic E-state index is 0.173. The molecule has 7 heteroatoms. The van der Waals surface area contributed by atoms with Crippen LogP contribution < -0.4 is 0 Å². The third kappa shape index (κ3) is 2.06. The van der Waals surface area contributed by atoms with Crippen LogP contribution >= 0.6 is 0 Å². The molecule has 0 saturated heterocycles. The second-order valence-corrected chi connectivity index (χ2v) is 4.67. The molecule has 2 rings (SSSR count). The lowest BCUT2D eigenvalue weighted by Crippen LogP contribution is -2.09. The molecule has 0 spiro atoms. The summed E-state index contributed by atoms with van der Waals surface area (Å²) in [5.74, 6) is -15.0. The highest BCUT2D eigenvalue weighted by Gasteiger charge is 2.31. The van der Waals surface area contributed by atoms with Gasteiger partial charge in [0.15, 0.2) is 34.9 Å². The summed E-state index contributed by atoms with van der Waals surface area (Å²) in [5, 5.41) is -3.01. The van der Waals surface area contributed by atoms with Crippen LogP contribution in [0.2, 0.25) is 0 Å². The van der Waals surface area contributed by atoms with E-state index in [1.807, 2.05) is 0 Å². The van der Waals surface area contributed by atoms with Gasteiger partial charge in [-0.15, -0.1) is 0 Å². The van der Waals surface area contributed by atoms with Crippen LogP contribution in [0.3, 0.4) is 0 Å². The van der Waals surface area contributed by atoms with E-state index in [1.165, 1.54) is 13.8 Å². The van der Waals surface area contributed by atoms with Gasteiger partial charge in [-0.05, 0) is 12.3 Å². The van der Waals surface area contributed by atoms with E-state index in [0.29, 0.717) is 0 Å². The number of fused-ring (bicyclic) bond motifs is 1. The SMILES string of the molecule is CCC(C)c1c(F)c(F)c2c(F)c(F)c(F)c(F)c2c1F. The molecule has 0 aromatic heterocycles. The molecule has 114 valence electrons. The van der Waals surface area contributed by atoms with Crippen LogP contribution in [-0.2, 0) is 0 Å². The molecule has 0 radical (unpaired) electrons. The van der Waals surface area contributed by atoms with Crippen molar-refractivity contribution in [1.29, 1.82) is 0 Å². The van der Waals surface area contributed by atoms with E-state index in [2.05, 4.69) is 0 Å². The lowest BCUT2D eigenvalue weighted by molar-refractivity contribution is 0.409. The van der Waals surface area contributed by atoms with Crippen molar-refractivity contribution in [2.75, 3.05) is 0 Å². The van der Waals surface area contributed by atoms with Gasteiger partial charge in [0.05, 0.1) is 10.8 Å². The summed E-state index contributed by atoms with van der Waals surface area (Å²) in [6, 6.07) is 0. The van der Waals surface area contributed by atoms with Gasteiger partial charge in [0, 0.05) is 5.56 Å². The molecule has 2 aromatic carbocycles. The van der Waals surface area contributed by atoms with Crippen molar-refractivity contribution in [2.45, 2.75) is 26.2 Å². The minimum Gasteiger partial charge on any atom is -0.206 e. The maximum atomic E-state index is 14.2. The van der Waals surface area contributed by atoms with Crippen molar-refractivity contribution in [3.05, 3.63) is 46.3 Å². The topological polar surface area (TPSA) is 0 Å². The van der Waals surface area contributed by atoms with Gasteiger partial charge in [0.2, 0.25) is 0 Å². The first-order valence-corrected chi connectivity index (χ1v) is 6.05. The largest absolute Gasteiger partial charge is 0.206 e. The molecule has 0 amide bonds. The molecule has 21 heavy (non-hydrogen) atoms. The van der Waals surface area contributed by atoms with E-state index in [4.69, 9.17) is 0 Å². The smallest absolute Gasteiger partial charge is 0.198 e. The number of hydrogen-bond acceptors (Lipinski definition) is 0. The van der Waals surface area contributed by atoms with E-state index in [1.54, 1.807) is 0 Å². The Morgan fingerprint density at radius 3 is 1.43 bits per heavy atom. The van der Waals surface area contributed by atoms with Crippen LogP contribution in [0.1, 0.15) is 31.7 Å². The summed E-state index contributed by atoms with van der Waals surface area (Å²) in [6.45, 7) is 2.87. The highest BCUT2D eigenvalue weighted by molar-refractivity contribution is 5.86. The standard InChI is InChI=1S/C14H9F7/c1-3-4(2)5-8(15)6-7(10(17)9(5)16)12(19)14(21)13(20)11(6)18/h4H,3H2,1-2H3. The zero-order valence-electron chi connectivity index (χ0n) is 10.9. The number of hydrogen-bond donors (Lipinski definition) is 0. The lowest BCUT2D eigenvalue weighted by Gasteiger charge is -2.16. The van der Waals surface area contributed by atoms with Crippen molar-refractivity contribution < 1.29 is 30.7 Å². The predicted octanol–water partition coefficient (Wildman–Crippen LogP) is 5.33. The fourth-order valence-electron chi connectivity index (χ4n) is 2.14. The summed E-state index contributed by atoms with van der Waals surface area (Å²) in [7, 11) is 0. The summed E-state index contributed by atoms with van der Waals surface area (Å²) >= 11 is 0. The molecule has 0 heterocycles. The van der Waals surface area contributed by atoms with Crippen molar-refractivity contribution in [3.8, 4) is 0 Å². The molecular formula is C14H9F7. The van der Waals surface area contributed by atoms with E-state index in [9.17, 15) is 30.7 Å². The molecule has 0 saturated carbocycles. The van der Waals surface area contributed by atoms with Gasteiger partial charge in [0.25, 0.3) is 0 Å². The maximum absolute atomic E-state index is 14.2. The Kier molecular flexibility index (Phi) is 3.86. The van der Waals surface area contributed by atoms with Crippen molar-refractivity contribution >= 4 is 10.8 Å². The van der Waals surface area contributed by atoms with Gasteiger partial charge in [-0.2, -0.15) is 0 Å². The molecule has 0 nitrogen and oxygen atoms in total. The number of halogens is 7. The van der Waals surface area contributed by atoms with Crippen LogP contribution in [0.5, 0.6) is 0 Å². The lowest BCUT2D eigenvalue weighted by atomic mass is 9.93. The van der Waals surface area contributed by atoms with E-state index >= 15 is 0 Å². The molecule has 0 aliphatic rings. The number of rotatable bonds is 2. The molecule has 0 aliphatic heterocycles. The summed E-state index contributed by atoms with van der Waals surface area (Å²) < 4.78 is 95.3. The summed E-state index contributed by atoms with van der Waals surface area (Å²) in [5.41, 5.74) is -0.827. The second-order valence-electron chi connectivity index (χ2n) is 4.67. The third-order valence-corrected chi connectivity index (χ3v) is 3.48. The second kappa shape index (κ2) is 5.20. The molecule has 2 aromatic rings. The van der Waals surface area contributed by atoms with Crippen molar-refractivity contribution in [1.82, 2.24) is 0 Å². The molecule has 1 unspecified atom stereocenters. The van der Waals surface area contributed by atoms with Crippen LogP contribution in [0.4, 0.5) is 30.7 Å². The van der Waals surface area contributed by atoms with Gasteiger partial charge < -0.3 is 0 Å². The zero-order chi connectivity index (χ0) is 16.1. The quantitative estimate of drug-likeness (QED) is 0.400. The van der Waals surface area contributed by atoms with E-state index in [-0.39, 0.29) is 6.42 Å². The van der Waals surface area contributed by atoms with Crippen LogP contribution in [0, 0.1) is 40.7 Å². The Labute approximate surface area is 115 Å². The Bertz CT molecular complexity index is 737. The fourth-order valence-corrected chi connectivity index (χ4v) is 2.14. The monoisotopic (exact) mass is 310 g/mol. The van der Waals surface area contributed by atoms with E-state index < -0.39 is 63.0 Å². The maximum Gasteiger partial charge on any atom is 0.198 e. The average Bonchev–Trinajstić information content (AvgIpc) is 2.46. The van der Waals surface area contributed by atoms with Gasteiger partial charge in [-0.3, -0.25) is 0 Å². The third-order valence-electron chi connectivity index (χ3n) is 3.48. The van der Waals surface area contributed by atoms with Gasteiger partial charge in [-0.1, -0.05) is 13.8 Å². The van der Waals surface area contributed by atoms with Crippen LogP contribution in [-0.4, -0.2) is 0 Å². The highest BCUT2D eigenvalue weighted by Crippen LogP contribution is 2.37. The number of benzene rings is 2. The Morgan fingerprint density at radius 1 is 0.619 bits per heavy atom. The fraction of sp³-hybridized carbons (Fsp3) is 0.286. The molecule has 0 fully saturated rings. The Balaban J connectivity index is 3.11. The first-order valence-electron chi connectivity index (χ1n) is 6.05. The minimum atomic E-state index is -2.33. The van der Waals surface area contributed by atoms with Gasteiger partial charge in [-0.25, -0.2) is 30.7 Å². The van der Waals surface area contributed by atoms with Crippen molar-refractivity contribution in [3.63, 3.8) is 0 Å². The van der Waals surface area contributed by atoms with E-state index in [0.717, 1.165) is 0 Å². The van der Waals surface area contributed by atoms with Crippen LogP contribution in [0.25, 0.3) is 10.8 Å². The molecule has 0 aliphatic carbocycles. The average molecular weight is 310 g/mol. The summed E-state index contributed by atoms with van der Waals surface area (Å²) in [4.78, 5) is 0. The molecule has 0 N–H and O–H groups in total. The molecule has 0 bridgehead atoms. The predicted molar refractivity (Wildman–Crippen MR) is 62.4 cm³/mol. The zero-order valence-corrected chi connectivity index (χ0v) is 10.9. The molecular weight excluding hydrogens is 301 g/mol. The highest BCUT2D eigenvalue weighted by atomic mass is 19.2. The molecule has 1 atom stereocenters. The Morgan fingerprint density at radius 2 is 1.00 bits per heavy atom. The van der Waals surface area contributed by atoms with Gasteiger partial charge >= 0.3 is 0 Å². The van der Waals surface area contributed by atoms with Gasteiger partial charge in [0.1, 0.15) is 5.82 Å². The van der Waals surface area contributed by atoms with Crippen molar-refractivity contribution in [2.24, 2.45) is 0 Å². The summed E-state index contributed by atoms with van der Waals surface area (Å²) in [6.07, 6.45) is 0.173. The first-order chi connectivity index (χ1) is 9.73. The normalized spacial score (nSPS) is 13.0.